The second-order valence-corrected chi connectivity index (χ2v) is 20.2. The standard InChI is InChI=1S/C15H14Cl6N3OP.C11H3Cl6F2N3.O2/c1-3-25-26(4-2)10-7-5-9(6-8-10)11-22-12(14(16,17)18)24-13(23-11)15(19,20)21;12-10(13,14)8-20-7(21-9(22-8)11(15,16)17)5-2-1-4(18)3-6(5)19;1-2/h5-8H,3-4H2,1-2H3;1-3H;. The molecule has 0 spiro atoms. The molecule has 0 fully saturated rings. The molecule has 2 aromatic carbocycles. The molecule has 0 amide bonds. The Kier molecular flexibility index (Phi) is 17.8. The number of alkyl halides is 12. The summed E-state index contributed by atoms with van der Waals surface area (Å²) in [4.78, 5) is 37.7. The van der Waals surface area contributed by atoms with Gasteiger partial charge in [-0.15, -0.1) is 0 Å². The van der Waals surface area contributed by atoms with E-state index in [1.165, 1.54) is 0 Å². The number of halogens is 14. The average molecular weight is 956 g/mol. The first-order chi connectivity index (χ1) is 23.0. The summed E-state index contributed by atoms with van der Waals surface area (Å²) in [5.74, 6) is -2.72. The lowest BCUT2D eigenvalue weighted by atomic mass is 10.2. The smallest absolute Gasteiger partial charge is 0.250 e. The fraction of sp³-hybridized carbons (Fsp3) is 0.308. The van der Waals surface area contributed by atoms with Crippen LogP contribution in [-0.4, -0.2) is 42.7 Å². The maximum Gasteiger partial charge on any atom is 0.250 e. The van der Waals surface area contributed by atoms with Crippen LogP contribution in [0.4, 0.5) is 8.78 Å². The zero-order chi connectivity index (χ0) is 38.2. The fourth-order valence-corrected chi connectivity index (χ4v) is 5.96. The van der Waals surface area contributed by atoms with Gasteiger partial charge in [-0.25, -0.2) is 38.7 Å². The van der Waals surface area contributed by atoms with Crippen LogP contribution >= 0.6 is 147 Å². The molecule has 2 aromatic heterocycles. The lowest BCUT2D eigenvalue weighted by Gasteiger charge is -2.17. The summed E-state index contributed by atoms with van der Waals surface area (Å²) in [6.07, 6.45) is 0.920. The van der Waals surface area contributed by atoms with Crippen molar-refractivity contribution in [3.8, 4) is 22.8 Å². The molecule has 0 bridgehead atoms. The summed E-state index contributed by atoms with van der Waals surface area (Å²) < 4.78 is 24.7. The second-order valence-electron chi connectivity index (χ2n) is 8.89. The molecule has 272 valence electrons. The van der Waals surface area contributed by atoms with Gasteiger partial charge >= 0.3 is 0 Å². The van der Waals surface area contributed by atoms with Crippen molar-refractivity contribution in [2.24, 2.45) is 0 Å². The van der Waals surface area contributed by atoms with E-state index in [-0.39, 0.29) is 40.5 Å². The van der Waals surface area contributed by atoms with Gasteiger partial charge in [0.05, 0.1) is 13.7 Å². The van der Waals surface area contributed by atoms with E-state index >= 15 is 0 Å². The summed E-state index contributed by atoms with van der Waals surface area (Å²) in [6.45, 7) is 4.72. The molecule has 1 atom stereocenters. The normalized spacial score (nSPS) is 12.7. The van der Waals surface area contributed by atoms with Crippen LogP contribution in [0.15, 0.2) is 42.5 Å². The zero-order valence-corrected chi connectivity index (χ0v) is 34.6. The van der Waals surface area contributed by atoms with Gasteiger partial charge in [-0.1, -0.05) is 170 Å². The van der Waals surface area contributed by atoms with Crippen molar-refractivity contribution in [1.29, 1.82) is 0 Å². The van der Waals surface area contributed by atoms with E-state index in [0.29, 0.717) is 18.2 Å². The molecule has 0 aliphatic heterocycles. The highest BCUT2D eigenvalue weighted by Gasteiger charge is 2.35. The van der Waals surface area contributed by atoms with Gasteiger partial charge in [-0.3, -0.25) is 0 Å². The summed E-state index contributed by atoms with van der Waals surface area (Å²) in [6, 6.07) is 10.3. The van der Waals surface area contributed by atoms with Crippen molar-refractivity contribution in [1.82, 2.24) is 29.9 Å². The molecule has 0 aliphatic carbocycles. The number of aromatic nitrogens is 6. The van der Waals surface area contributed by atoms with Crippen LogP contribution in [0.1, 0.15) is 37.1 Å². The maximum atomic E-state index is 13.9. The molecule has 1 unspecified atom stereocenters. The number of hydrogen-bond acceptors (Lipinski definition) is 9. The molecule has 50 heavy (non-hydrogen) atoms. The van der Waals surface area contributed by atoms with Crippen LogP contribution in [0.25, 0.3) is 22.8 Å². The van der Waals surface area contributed by atoms with E-state index in [2.05, 4.69) is 36.8 Å². The molecule has 0 radical (unpaired) electrons. The Balaban J connectivity index is 0.000000334. The van der Waals surface area contributed by atoms with Crippen molar-refractivity contribution in [2.45, 2.75) is 29.0 Å². The molecular formula is C26H17Cl12F2N6O3P. The quantitative estimate of drug-likeness (QED) is 0.137. The van der Waals surface area contributed by atoms with Gasteiger partial charge in [0.15, 0.2) is 34.9 Å². The summed E-state index contributed by atoms with van der Waals surface area (Å²) >= 11 is 69.6. The Morgan fingerprint density at radius 3 is 1.34 bits per heavy atom. The fourth-order valence-electron chi connectivity index (χ4n) is 3.46. The first-order valence-corrected chi connectivity index (χ1v) is 19.0. The van der Waals surface area contributed by atoms with Crippen molar-refractivity contribution in [3.05, 3.63) is 87.3 Å². The predicted molar refractivity (Wildman–Crippen MR) is 203 cm³/mol. The second kappa shape index (κ2) is 19.4. The lowest BCUT2D eigenvalue weighted by molar-refractivity contribution is 0.383. The molecule has 0 N–H and O–H groups in total. The number of benzene rings is 2. The van der Waals surface area contributed by atoms with Gasteiger partial charge in [0.25, 0.3) is 0 Å². The number of hydrogen-bond donors (Lipinski definition) is 0. The molecule has 0 saturated heterocycles. The van der Waals surface area contributed by atoms with E-state index < -0.39 is 35.0 Å². The first-order valence-electron chi connectivity index (χ1n) is 13.0. The summed E-state index contributed by atoms with van der Waals surface area (Å²) in [5.41, 5.74) is 0.500. The highest BCUT2D eigenvalue weighted by molar-refractivity contribution is 7.60. The zero-order valence-electron chi connectivity index (χ0n) is 24.6. The third kappa shape index (κ3) is 13.6. The first kappa shape index (κ1) is 45.9. The molecule has 24 heteroatoms. The third-order valence-corrected chi connectivity index (χ3v) is 9.49. The van der Waals surface area contributed by atoms with Crippen LogP contribution in [0.5, 0.6) is 0 Å². The van der Waals surface area contributed by atoms with Gasteiger partial charge in [0.1, 0.15) is 11.6 Å². The Morgan fingerprint density at radius 1 is 0.600 bits per heavy atom. The lowest BCUT2D eigenvalue weighted by Crippen LogP contribution is -2.17. The minimum atomic E-state index is -2.06. The Labute approximate surface area is 344 Å². The monoisotopic (exact) mass is 950 g/mol. The molecule has 0 aliphatic rings. The Morgan fingerprint density at radius 2 is 1.00 bits per heavy atom. The van der Waals surface area contributed by atoms with Crippen LogP contribution in [0.3, 0.4) is 0 Å². The minimum Gasteiger partial charge on any atom is -0.355 e. The molecule has 0 saturated carbocycles. The molecule has 2 heterocycles. The van der Waals surface area contributed by atoms with E-state index in [4.69, 9.17) is 154 Å². The predicted octanol–water partition coefficient (Wildman–Crippen LogP) is 11.8. The molecule has 4 aromatic rings. The minimum absolute atomic E-state index is 0.122. The van der Waals surface area contributed by atoms with Crippen LogP contribution in [0.2, 0.25) is 0 Å². The average Bonchev–Trinajstić information content (AvgIpc) is 3.03. The third-order valence-electron chi connectivity index (χ3n) is 5.44. The van der Waals surface area contributed by atoms with E-state index in [1.54, 1.807) is 0 Å². The van der Waals surface area contributed by atoms with E-state index in [1.807, 2.05) is 31.2 Å². The summed E-state index contributed by atoms with van der Waals surface area (Å²) in [7, 11) is -0.664. The topological polar surface area (TPSA) is 121 Å². The van der Waals surface area contributed by atoms with Gasteiger partial charge in [-0.05, 0) is 25.2 Å². The van der Waals surface area contributed by atoms with E-state index in [9.17, 15) is 8.78 Å². The molecular weight excluding hydrogens is 939 g/mol. The highest BCUT2D eigenvalue weighted by Crippen LogP contribution is 2.42. The van der Waals surface area contributed by atoms with Gasteiger partial charge < -0.3 is 4.52 Å². The SMILES string of the molecule is CCOP(CC)c1ccc(-c2nc(C(Cl)(Cl)Cl)nc(C(Cl)(Cl)Cl)n2)cc1.Fc1ccc(-c2nc(C(Cl)(Cl)Cl)nc(C(Cl)(Cl)Cl)n2)c(F)c1.O=O. The van der Waals surface area contributed by atoms with Crippen LogP contribution < -0.4 is 5.30 Å². The largest absolute Gasteiger partial charge is 0.355 e. The Hall–Kier alpha value is -0.210. The van der Waals surface area contributed by atoms with Crippen molar-refractivity contribution < 1.29 is 13.3 Å². The number of nitrogens with zero attached hydrogens (tertiary/aromatic N) is 6. The van der Waals surface area contributed by atoms with Crippen molar-refractivity contribution in [3.63, 3.8) is 0 Å². The summed E-state index contributed by atoms with van der Waals surface area (Å²) in [5, 5.41) is 1.10. The van der Waals surface area contributed by atoms with Crippen molar-refractivity contribution >= 4 is 153 Å². The van der Waals surface area contributed by atoms with E-state index in [0.717, 1.165) is 23.6 Å². The highest BCUT2D eigenvalue weighted by atomic mass is 35.6. The molecule has 4 rings (SSSR count). The van der Waals surface area contributed by atoms with Gasteiger partial charge in [0, 0.05) is 33.5 Å². The van der Waals surface area contributed by atoms with Crippen LogP contribution in [-0.2, 0) is 19.7 Å². The molecule has 9 nitrogen and oxygen atoms in total. The Bertz CT molecular complexity index is 1680. The maximum absolute atomic E-state index is 13.9. The van der Waals surface area contributed by atoms with Gasteiger partial charge in [0.2, 0.25) is 15.2 Å². The van der Waals surface area contributed by atoms with Crippen LogP contribution in [0, 0.1) is 21.6 Å². The number of rotatable bonds is 6. The van der Waals surface area contributed by atoms with Crippen molar-refractivity contribution in [2.75, 3.05) is 12.8 Å². The van der Waals surface area contributed by atoms with Gasteiger partial charge in [-0.2, -0.15) is 0 Å².